The number of aliphatic hydroxyl groups excluding tert-OH is 1. The monoisotopic (exact) mass is 354 g/mol. The van der Waals surface area contributed by atoms with Gasteiger partial charge in [-0.05, 0) is 43.7 Å². The molecule has 0 bridgehead atoms. The van der Waals surface area contributed by atoms with E-state index in [0.29, 0.717) is 22.6 Å². The number of benzene rings is 2. The van der Waals surface area contributed by atoms with Crippen LogP contribution < -0.4 is 5.32 Å². The molecule has 1 atom stereocenters. The summed E-state index contributed by atoms with van der Waals surface area (Å²) in [5.74, 6) is -0.0111. The van der Waals surface area contributed by atoms with Gasteiger partial charge in [0, 0.05) is 17.2 Å². The first kappa shape index (κ1) is 17.8. The van der Waals surface area contributed by atoms with Crippen molar-refractivity contribution in [2.75, 3.05) is 6.61 Å². The number of carbonyl (C=O) groups is 1. The Bertz CT molecular complexity index is 919. The summed E-state index contributed by atoms with van der Waals surface area (Å²) in [5, 5.41) is 15.8. The Balaban J connectivity index is 1.92. The second-order valence-corrected chi connectivity index (χ2v) is 6.11. The Morgan fingerprint density at radius 2 is 1.96 bits per heavy atom. The fraction of sp³-hybridized carbons (Fsp3) is 0.200. The summed E-state index contributed by atoms with van der Waals surface area (Å²) in [4.78, 5) is 12.1. The van der Waals surface area contributed by atoms with Crippen LogP contribution in [0, 0.1) is 12.7 Å². The molecule has 0 fully saturated rings. The molecule has 1 unspecified atom stereocenters. The van der Waals surface area contributed by atoms with Crippen LogP contribution in [0.5, 0.6) is 0 Å². The SMILES string of the molecule is Cc1onc(-c2ccc(C(=O)NC(C)CO)cc2)c1-c1cccc(F)c1. The largest absolute Gasteiger partial charge is 0.394 e. The molecule has 1 amide bonds. The van der Waals surface area contributed by atoms with E-state index in [4.69, 9.17) is 9.63 Å². The van der Waals surface area contributed by atoms with E-state index in [1.165, 1.54) is 12.1 Å². The van der Waals surface area contributed by atoms with Crippen LogP contribution in [0.4, 0.5) is 4.39 Å². The number of hydrogen-bond acceptors (Lipinski definition) is 4. The molecular formula is C20H19FN2O3. The normalized spacial score (nSPS) is 12.0. The highest BCUT2D eigenvalue weighted by Gasteiger charge is 2.17. The zero-order valence-corrected chi connectivity index (χ0v) is 14.5. The number of nitrogens with zero attached hydrogens (tertiary/aromatic N) is 1. The van der Waals surface area contributed by atoms with Gasteiger partial charge in [-0.15, -0.1) is 0 Å². The number of rotatable bonds is 5. The van der Waals surface area contributed by atoms with E-state index < -0.39 is 0 Å². The van der Waals surface area contributed by atoms with Crippen molar-refractivity contribution in [1.29, 1.82) is 0 Å². The van der Waals surface area contributed by atoms with Gasteiger partial charge in [0.25, 0.3) is 5.91 Å². The summed E-state index contributed by atoms with van der Waals surface area (Å²) in [6.07, 6.45) is 0. The predicted molar refractivity (Wildman–Crippen MR) is 96.1 cm³/mol. The van der Waals surface area contributed by atoms with Crippen molar-refractivity contribution in [2.45, 2.75) is 19.9 Å². The first-order valence-corrected chi connectivity index (χ1v) is 8.24. The van der Waals surface area contributed by atoms with Crippen molar-refractivity contribution >= 4 is 5.91 Å². The molecule has 0 radical (unpaired) electrons. The van der Waals surface area contributed by atoms with E-state index in [-0.39, 0.29) is 24.4 Å². The highest BCUT2D eigenvalue weighted by molar-refractivity contribution is 5.95. The van der Waals surface area contributed by atoms with E-state index in [9.17, 15) is 9.18 Å². The summed E-state index contributed by atoms with van der Waals surface area (Å²) in [6, 6.07) is 12.8. The lowest BCUT2D eigenvalue weighted by Crippen LogP contribution is -2.34. The van der Waals surface area contributed by atoms with Crippen molar-refractivity contribution in [1.82, 2.24) is 10.5 Å². The zero-order chi connectivity index (χ0) is 18.7. The van der Waals surface area contributed by atoms with Crippen LogP contribution in [0.15, 0.2) is 53.1 Å². The van der Waals surface area contributed by atoms with Crippen LogP contribution in [0.25, 0.3) is 22.4 Å². The third-order valence-corrected chi connectivity index (χ3v) is 4.05. The van der Waals surface area contributed by atoms with Gasteiger partial charge in [0.15, 0.2) is 0 Å². The second kappa shape index (κ2) is 7.49. The standard InChI is InChI=1S/C20H19FN2O3/c1-12(11-24)22-20(25)15-8-6-14(7-9-15)19-18(13(2)26-23-19)16-4-3-5-17(21)10-16/h3-10,12,24H,11H2,1-2H3,(H,22,25). The minimum atomic E-state index is -0.334. The van der Waals surface area contributed by atoms with Gasteiger partial charge in [-0.2, -0.15) is 0 Å². The maximum Gasteiger partial charge on any atom is 0.251 e. The molecule has 2 aromatic carbocycles. The Labute approximate surface area is 150 Å². The van der Waals surface area contributed by atoms with E-state index in [0.717, 1.165) is 11.1 Å². The summed E-state index contributed by atoms with van der Waals surface area (Å²) < 4.78 is 18.9. The highest BCUT2D eigenvalue weighted by atomic mass is 19.1. The fourth-order valence-electron chi connectivity index (χ4n) is 2.69. The van der Waals surface area contributed by atoms with Crippen LogP contribution in [-0.2, 0) is 0 Å². The van der Waals surface area contributed by atoms with Gasteiger partial charge in [-0.1, -0.05) is 29.4 Å². The maximum atomic E-state index is 13.6. The minimum absolute atomic E-state index is 0.126. The predicted octanol–water partition coefficient (Wildman–Crippen LogP) is 3.57. The molecule has 0 aliphatic carbocycles. The lowest BCUT2D eigenvalue weighted by Gasteiger charge is -2.11. The molecule has 3 aromatic rings. The zero-order valence-electron chi connectivity index (χ0n) is 14.5. The lowest BCUT2D eigenvalue weighted by atomic mass is 9.98. The first-order chi connectivity index (χ1) is 12.5. The fourth-order valence-corrected chi connectivity index (χ4v) is 2.69. The molecule has 0 aliphatic heterocycles. The number of aliphatic hydroxyl groups is 1. The van der Waals surface area contributed by atoms with Crippen LogP contribution in [0.3, 0.4) is 0 Å². The number of hydrogen-bond donors (Lipinski definition) is 2. The quantitative estimate of drug-likeness (QED) is 0.734. The molecule has 26 heavy (non-hydrogen) atoms. The number of aromatic nitrogens is 1. The Hall–Kier alpha value is -2.99. The molecule has 0 saturated heterocycles. The van der Waals surface area contributed by atoms with Gasteiger partial charge in [-0.25, -0.2) is 4.39 Å². The number of carbonyl (C=O) groups excluding carboxylic acids is 1. The highest BCUT2D eigenvalue weighted by Crippen LogP contribution is 2.34. The first-order valence-electron chi connectivity index (χ1n) is 8.24. The molecule has 0 aliphatic rings. The molecule has 3 rings (SSSR count). The average Bonchev–Trinajstić information content (AvgIpc) is 3.03. The Kier molecular flexibility index (Phi) is 5.14. The Morgan fingerprint density at radius 1 is 1.23 bits per heavy atom. The van der Waals surface area contributed by atoms with Crippen LogP contribution in [-0.4, -0.2) is 28.8 Å². The van der Waals surface area contributed by atoms with Crippen molar-refractivity contribution in [3.05, 3.63) is 65.7 Å². The molecule has 0 saturated carbocycles. The summed E-state index contributed by atoms with van der Waals surface area (Å²) >= 11 is 0. The summed E-state index contributed by atoms with van der Waals surface area (Å²) in [6.45, 7) is 3.36. The van der Waals surface area contributed by atoms with Gasteiger partial charge in [0.2, 0.25) is 0 Å². The van der Waals surface area contributed by atoms with Gasteiger partial charge >= 0.3 is 0 Å². The average molecular weight is 354 g/mol. The van der Waals surface area contributed by atoms with E-state index >= 15 is 0 Å². The van der Waals surface area contributed by atoms with Crippen molar-refractivity contribution < 1.29 is 18.8 Å². The molecule has 2 N–H and O–H groups in total. The molecular weight excluding hydrogens is 335 g/mol. The van der Waals surface area contributed by atoms with Gasteiger partial charge in [-0.3, -0.25) is 4.79 Å². The van der Waals surface area contributed by atoms with E-state index in [2.05, 4.69) is 10.5 Å². The molecule has 1 aromatic heterocycles. The topological polar surface area (TPSA) is 75.4 Å². The smallest absolute Gasteiger partial charge is 0.251 e. The Morgan fingerprint density at radius 3 is 2.62 bits per heavy atom. The molecule has 5 nitrogen and oxygen atoms in total. The van der Waals surface area contributed by atoms with Crippen LogP contribution in [0.1, 0.15) is 23.0 Å². The van der Waals surface area contributed by atoms with Gasteiger partial charge in [0.05, 0.1) is 12.2 Å². The van der Waals surface area contributed by atoms with E-state index in [1.54, 1.807) is 50.2 Å². The van der Waals surface area contributed by atoms with Crippen LogP contribution in [0.2, 0.25) is 0 Å². The minimum Gasteiger partial charge on any atom is -0.394 e. The number of halogens is 1. The second-order valence-electron chi connectivity index (χ2n) is 6.11. The van der Waals surface area contributed by atoms with Crippen molar-refractivity contribution in [3.63, 3.8) is 0 Å². The van der Waals surface area contributed by atoms with E-state index in [1.807, 2.05) is 0 Å². The summed E-state index contributed by atoms with van der Waals surface area (Å²) in [7, 11) is 0. The molecule has 134 valence electrons. The number of aryl methyl sites for hydroxylation is 1. The number of nitrogens with one attached hydrogen (secondary N) is 1. The van der Waals surface area contributed by atoms with Crippen molar-refractivity contribution in [2.24, 2.45) is 0 Å². The van der Waals surface area contributed by atoms with Crippen LogP contribution >= 0.6 is 0 Å². The third-order valence-electron chi connectivity index (χ3n) is 4.05. The van der Waals surface area contributed by atoms with Gasteiger partial charge < -0.3 is 14.9 Å². The third kappa shape index (κ3) is 3.65. The molecule has 6 heteroatoms. The summed E-state index contributed by atoms with van der Waals surface area (Å²) in [5.41, 5.74) is 3.21. The van der Waals surface area contributed by atoms with Gasteiger partial charge in [0.1, 0.15) is 17.3 Å². The molecule has 0 spiro atoms. The van der Waals surface area contributed by atoms with Crippen molar-refractivity contribution in [3.8, 4) is 22.4 Å². The molecule has 1 heterocycles. The maximum absolute atomic E-state index is 13.6. The lowest BCUT2D eigenvalue weighted by molar-refractivity contribution is 0.0922. The number of amides is 1.